The summed E-state index contributed by atoms with van der Waals surface area (Å²) in [5.41, 5.74) is 4.23. The molecule has 3 aromatic rings. The Kier molecular flexibility index (Phi) is 6.60. The molecule has 0 bridgehead atoms. The fourth-order valence-corrected chi connectivity index (χ4v) is 6.12. The number of piperazine rings is 1. The van der Waals surface area contributed by atoms with E-state index in [9.17, 15) is 4.79 Å². The summed E-state index contributed by atoms with van der Waals surface area (Å²) in [5.74, 6) is 1.09. The summed E-state index contributed by atoms with van der Waals surface area (Å²) in [6.45, 7) is 14.1. The summed E-state index contributed by atoms with van der Waals surface area (Å²) in [4.78, 5) is 29.6. The van der Waals surface area contributed by atoms with E-state index in [1.165, 1.54) is 11.3 Å². The monoisotopic (exact) mass is 503 g/mol. The van der Waals surface area contributed by atoms with Crippen molar-refractivity contribution in [3.63, 3.8) is 0 Å². The molecule has 9 heteroatoms. The number of morpholine rings is 1. The van der Waals surface area contributed by atoms with Gasteiger partial charge in [-0.1, -0.05) is 6.07 Å². The van der Waals surface area contributed by atoms with Crippen LogP contribution in [-0.2, 0) is 17.8 Å². The highest BCUT2D eigenvalue weighted by Gasteiger charge is 2.30. The van der Waals surface area contributed by atoms with Gasteiger partial charge in [0.15, 0.2) is 0 Å². The molecule has 37 heavy (non-hydrogen) atoms. The number of nitrogens with zero attached hydrogens (tertiary/aromatic N) is 6. The molecule has 0 aromatic carbocycles. The predicted molar refractivity (Wildman–Crippen MR) is 146 cm³/mol. The maximum absolute atomic E-state index is 12.9. The Morgan fingerprint density at radius 2 is 1.92 bits per heavy atom. The van der Waals surface area contributed by atoms with Crippen molar-refractivity contribution in [2.24, 2.45) is 0 Å². The third kappa shape index (κ3) is 4.71. The first-order chi connectivity index (χ1) is 18.0. The van der Waals surface area contributed by atoms with Gasteiger partial charge in [-0.2, -0.15) is 0 Å². The second-order valence-electron chi connectivity index (χ2n) is 10.6. The highest BCUT2D eigenvalue weighted by atomic mass is 16.5. The maximum Gasteiger partial charge on any atom is 0.254 e. The molecule has 0 saturated carbocycles. The van der Waals surface area contributed by atoms with Crippen LogP contribution in [0.1, 0.15) is 38.1 Å². The van der Waals surface area contributed by atoms with Crippen LogP contribution in [0.5, 0.6) is 0 Å². The van der Waals surface area contributed by atoms with Crippen LogP contribution in [0.3, 0.4) is 0 Å². The Bertz CT molecular complexity index is 1330. The van der Waals surface area contributed by atoms with E-state index in [4.69, 9.17) is 9.72 Å². The molecule has 0 aliphatic carbocycles. The van der Waals surface area contributed by atoms with Crippen LogP contribution in [0.4, 0.5) is 11.5 Å². The summed E-state index contributed by atoms with van der Waals surface area (Å²) < 4.78 is 8.13. The second kappa shape index (κ2) is 10.0. The Hall–Kier alpha value is -3.01. The molecule has 6 rings (SSSR count). The number of hydrogen-bond acceptors (Lipinski definition) is 8. The van der Waals surface area contributed by atoms with Gasteiger partial charge in [-0.05, 0) is 44.5 Å². The van der Waals surface area contributed by atoms with Gasteiger partial charge in [-0.15, -0.1) is 0 Å². The lowest BCUT2D eigenvalue weighted by atomic mass is 10.1. The molecule has 3 aromatic heterocycles. The zero-order valence-electron chi connectivity index (χ0n) is 22.1. The van der Waals surface area contributed by atoms with Gasteiger partial charge in [0.25, 0.3) is 5.56 Å². The van der Waals surface area contributed by atoms with E-state index >= 15 is 0 Å². The second-order valence-corrected chi connectivity index (χ2v) is 10.6. The first-order valence-corrected chi connectivity index (χ1v) is 13.6. The first-order valence-electron chi connectivity index (χ1n) is 13.6. The number of aryl methyl sites for hydroxylation is 1. The zero-order chi connectivity index (χ0) is 25.5. The molecular formula is C28H37N7O2. The number of fused-ring (bicyclic) bond motifs is 2. The van der Waals surface area contributed by atoms with Crippen molar-refractivity contribution in [3.05, 3.63) is 58.1 Å². The van der Waals surface area contributed by atoms with E-state index in [0.29, 0.717) is 12.6 Å². The van der Waals surface area contributed by atoms with Crippen LogP contribution in [-0.4, -0.2) is 77.5 Å². The lowest BCUT2D eigenvalue weighted by molar-refractivity contribution is -0.0327. The number of rotatable bonds is 5. The Labute approximate surface area is 218 Å². The van der Waals surface area contributed by atoms with Gasteiger partial charge in [0.1, 0.15) is 11.5 Å². The fourth-order valence-electron chi connectivity index (χ4n) is 6.12. The minimum absolute atomic E-state index is 0.000852. The van der Waals surface area contributed by atoms with E-state index in [-0.39, 0.29) is 17.8 Å². The third-order valence-corrected chi connectivity index (χ3v) is 8.02. The number of hydrogen-bond donors (Lipinski definition) is 1. The topological polar surface area (TPSA) is 78.8 Å². The van der Waals surface area contributed by atoms with Crippen LogP contribution in [0.2, 0.25) is 0 Å². The molecule has 0 spiro atoms. The van der Waals surface area contributed by atoms with E-state index in [1.807, 2.05) is 13.0 Å². The fraction of sp³-hybridized carbons (Fsp3) is 0.536. The van der Waals surface area contributed by atoms with Gasteiger partial charge in [-0.3, -0.25) is 14.3 Å². The number of anilines is 2. The van der Waals surface area contributed by atoms with Crippen molar-refractivity contribution in [1.82, 2.24) is 24.8 Å². The van der Waals surface area contributed by atoms with Crippen LogP contribution < -0.4 is 20.7 Å². The molecule has 2 fully saturated rings. The van der Waals surface area contributed by atoms with Crippen molar-refractivity contribution >= 4 is 22.5 Å². The maximum atomic E-state index is 12.9. The van der Waals surface area contributed by atoms with Crippen molar-refractivity contribution in [3.8, 4) is 0 Å². The molecule has 0 unspecified atom stereocenters. The van der Waals surface area contributed by atoms with Crippen LogP contribution in [0, 0.1) is 0 Å². The summed E-state index contributed by atoms with van der Waals surface area (Å²) >= 11 is 0. The number of ether oxygens (including phenoxy) is 1. The SMILES string of the molecule is CCn1c(=O)cc(N2C[C@H](CN3CCN(c4ccc5c(n4)CN[C@@H]5C)CC3)O[C@H](C)C2)c2cccnc21. The van der Waals surface area contributed by atoms with Gasteiger partial charge in [0.05, 0.1) is 23.6 Å². The molecule has 1 N–H and O–H groups in total. The Balaban J connectivity index is 1.13. The van der Waals surface area contributed by atoms with Gasteiger partial charge in [-0.25, -0.2) is 9.97 Å². The zero-order valence-corrected chi connectivity index (χ0v) is 22.1. The molecule has 6 heterocycles. The predicted octanol–water partition coefficient (Wildman–Crippen LogP) is 2.39. The van der Waals surface area contributed by atoms with E-state index in [1.54, 1.807) is 16.8 Å². The first kappa shape index (κ1) is 24.3. The number of nitrogens with one attached hydrogen (secondary N) is 1. The molecular weight excluding hydrogens is 466 g/mol. The number of pyridine rings is 3. The molecule has 196 valence electrons. The highest BCUT2D eigenvalue weighted by Crippen LogP contribution is 2.28. The Morgan fingerprint density at radius 3 is 2.73 bits per heavy atom. The van der Waals surface area contributed by atoms with Crippen molar-refractivity contribution in [2.45, 2.75) is 52.1 Å². The smallest absolute Gasteiger partial charge is 0.254 e. The average Bonchev–Trinajstić information content (AvgIpc) is 3.28. The minimum Gasteiger partial charge on any atom is -0.370 e. The standard InChI is InChI=1S/C28H37N7O2/c1-4-35-27(36)14-25(23-6-5-9-29-28(23)35)34-16-19(2)37-21(18-34)17-32-10-12-33(13-11-32)26-8-7-22-20(3)30-15-24(22)31-26/h5-9,14,19-21,30H,4,10-13,15-18H2,1-3H3/t19-,20-,21+/m1/s1. The number of aromatic nitrogens is 3. The molecule has 0 radical (unpaired) electrons. The third-order valence-electron chi connectivity index (χ3n) is 8.02. The molecule has 3 aliphatic heterocycles. The van der Waals surface area contributed by atoms with Crippen molar-refractivity contribution in [2.75, 3.05) is 55.6 Å². The molecule has 0 amide bonds. The molecule has 2 saturated heterocycles. The van der Waals surface area contributed by atoms with Crippen LogP contribution in [0.25, 0.3) is 11.0 Å². The van der Waals surface area contributed by atoms with Gasteiger partial charge >= 0.3 is 0 Å². The quantitative estimate of drug-likeness (QED) is 0.569. The normalized spacial score (nSPS) is 24.6. The lowest BCUT2D eigenvalue weighted by Crippen LogP contribution is -2.54. The average molecular weight is 504 g/mol. The van der Waals surface area contributed by atoms with Crippen LogP contribution in [0.15, 0.2) is 41.3 Å². The summed E-state index contributed by atoms with van der Waals surface area (Å²) in [6, 6.07) is 10.6. The highest BCUT2D eigenvalue weighted by molar-refractivity contribution is 5.89. The van der Waals surface area contributed by atoms with Gasteiger partial charge < -0.3 is 19.9 Å². The summed E-state index contributed by atoms with van der Waals surface area (Å²) in [6.07, 6.45) is 1.94. The van der Waals surface area contributed by atoms with Gasteiger partial charge in [0.2, 0.25) is 0 Å². The van der Waals surface area contributed by atoms with E-state index < -0.39 is 0 Å². The van der Waals surface area contributed by atoms with Gasteiger partial charge in [0, 0.05) is 82.6 Å². The van der Waals surface area contributed by atoms with Crippen molar-refractivity contribution < 1.29 is 4.74 Å². The summed E-state index contributed by atoms with van der Waals surface area (Å²) in [5, 5.41) is 4.50. The van der Waals surface area contributed by atoms with Crippen LogP contribution >= 0.6 is 0 Å². The molecule has 3 aliphatic rings. The largest absolute Gasteiger partial charge is 0.370 e. The molecule has 9 nitrogen and oxygen atoms in total. The van der Waals surface area contributed by atoms with Crippen molar-refractivity contribution in [1.29, 1.82) is 0 Å². The Morgan fingerprint density at radius 1 is 1.08 bits per heavy atom. The van der Waals surface area contributed by atoms with E-state index in [2.05, 4.69) is 57.0 Å². The van der Waals surface area contributed by atoms with E-state index in [0.717, 1.165) is 74.9 Å². The molecule has 3 atom stereocenters. The minimum atomic E-state index is 0.000852. The summed E-state index contributed by atoms with van der Waals surface area (Å²) in [7, 11) is 0. The lowest BCUT2D eigenvalue weighted by Gasteiger charge is -2.42.